The van der Waals surface area contributed by atoms with Gasteiger partial charge in [0.15, 0.2) is 11.5 Å². The standard InChI is InChI=1S/C17H15ClN2O5S/c18-12-6-5-11(9-14(12)20-7-2-8-26(20,22)23)17(21)19-13-3-1-4-15-16(13)25-10-24-15/h1,3-6,9H,2,7-8,10H2,(H,19,21). The van der Waals surface area contributed by atoms with Gasteiger partial charge in [0.05, 0.1) is 22.2 Å². The molecule has 2 aromatic rings. The summed E-state index contributed by atoms with van der Waals surface area (Å²) in [5, 5.41) is 3.04. The Morgan fingerprint density at radius 1 is 1.19 bits per heavy atom. The van der Waals surface area contributed by atoms with Gasteiger partial charge in [0, 0.05) is 12.1 Å². The van der Waals surface area contributed by atoms with Crippen LogP contribution in [0.2, 0.25) is 5.02 Å². The van der Waals surface area contributed by atoms with Gasteiger partial charge in [-0.2, -0.15) is 0 Å². The maximum absolute atomic E-state index is 12.6. The molecule has 2 aliphatic heterocycles. The molecule has 1 amide bonds. The number of nitrogens with zero attached hydrogens (tertiary/aromatic N) is 1. The Bertz CT molecular complexity index is 993. The summed E-state index contributed by atoms with van der Waals surface area (Å²) in [5.41, 5.74) is 1.09. The lowest BCUT2D eigenvalue weighted by Crippen LogP contribution is -2.26. The van der Waals surface area contributed by atoms with Gasteiger partial charge in [-0.3, -0.25) is 9.10 Å². The van der Waals surface area contributed by atoms with E-state index in [9.17, 15) is 13.2 Å². The van der Waals surface area contributed by atoms with Crippen LogP contribution in [-0.2, 0) is 10.0 Å². The number of nitrogens with one attached hydrogen (secondary N) is 1. The molecule has 0 saturated carbocycles. The molecule has 0 aliphatic carbocycles. The fraction of sp³-hybridized carbons (Fsp3) is 0.235. The zero-order chi connectivity index (χ0) is 18.3. The summed E-state index contributed by atoms with van der Waals surface area (Å²) in [5.74, 6) is 0.705. The van der Waals surface area contributed by atoms with E-state index in [0.717, 1.165) is 0 Å². The quantitative estimate of drug-likeness (QED) is 0.865. The van der Waals surface area contributed by atoms with Gasteiger partial charge in [-0.15, -0.1) is 0 Å². The van der Waals surface area contributed by atoms with Crippen LogP contribution in [0.3, 0.4) is 0 Å². The molecule has 26 heavy (non-hydrogen) atoms. The van der Waals surface area contributed by atoms with E-state index in [-0.39, 0.29) is 17.6 Å². The van der Waals surface area contributed by atoms with Crippen LogP contribution in [0.4, 0.5) is 11.4 Å². The molecular weight excluding hydrogens is 380 g/mol. The lowest BCUT2D eigenvalue weighted by atomic mass is 10.1. The van der Waals surface area contributed by atoms with E-state index >= 15 is 0 Å². The first-order chi connectivity index (χ1) is 12.5. The number of sulfonamides is 1. The zero-order valence-electron chi connectivity index (χ0n) is 13.6. The van der Waals surface area contributed by atoms with E-state index in [2.05, 4.69) is 5.32 Å². The normalized spacial score (nSPS) is 17.3. The van der Waals surface area contributed by atoms with Gasteiger partial charge < -0.3 is 14.8 Å². The fourth-order valence-electron chi connectivity index (χ4n) is 2.98. The molecule has 4 rings (SSSR count). The number of halogens is 1. The molecule has 0 aromatic heterocycles. The zero-order valence-corrected chi connectivity index (χ0v) is 15.1. The van der Waals surface area contributed by atoms with Gasteiger partial charge >= 0.3 is 0 Å². The van der Waals surface area contributed by atoms with E-state index in [1.54, 1.807) is 24.3 Å². The number of hydrogen-bond donors (Lipinski definition) is 1. The number of anilines is 2. The van der Waals surface area contributed by atoms with Gasteiger partial charge in [-0.05, 0) is 36.8 Å². The van der Waals surface area contributed by atoms with Gasteiger partial charge in [0.2, 0.25) is 16.8 Å². The van der Waals surface area contributed by atoms with Crippen molar-refractivity contribution in [2.45, 2.75) is 6.42 Å². The second-order valence-corrected chi connectivity index (χ2v) is 8.32. The molecule has 0 spiro atoms. The molecule has 0 unspecified atom stereocenters. The molecule has 2 heterocycles. The third-order valence-corrected chi connectivity index (χ3v) is 6.40. The van der Waals surface area contributed by atoms with Crippen molar-refractivity contribution in [2.75, 3.05) is 28.7 Å². The van der Waals surface area contributed by atoms with Crippen LogP contribution in [-0.4, -0.2) is 33.4 Å². The number of para-hydroxylation sites is 1. The second-order valence-electron chi connectivity index (χ2n) is 5.90. The number of hydrogen-bond acceptors (Lipinski definition) is 5. The largest absolute Gasteiger partial charge is 0.454 e. The lowest BCUT2D eigenvalue weighted by molar-refractivity contribution is 0.102. The molecule has 136 valence electrons. The van der Waals surface area contributed by atoms with Crippen LogP contribution in [0.25, 0.3) is 0 Å². The first-order valence-electron chi connectivity index (χ1n) is 7.96. The minimum Gasteiger partial charge on any atom is -0.454 e. The third-order valence-electron chi connectivity index (χ3n) is 4.22. The molecular formula is C17H15ClN2O5S. The number of benzene rings is 2. The van der Waals surface area contributed by atoms with E-state index in [1.165, 1.54) is 16.4 Å². The van der Waals surface area contributed by atoms with Gasteiger partial charge in [0.25, 0.3) is 5.91 Å². The minimum atomic E-state index is -3.39. The number of carbonyl (C=O) groups excluding carboxylic acids is 1. The van der Waals surface area contributed by atoms with Crippen LogP contribution in [0.5, 0.6) is 11.5 Å². The molecule has 1 saturated heterocycles. The predicted octanol–water partition coefficient (Wildman–Crippen LogP) is 2.86. The van der Waals surface area contributed by atoms with Crippen molar-refractivity contribution in [1.29, 1.82) is 0 Å². The van der Waals surface area contributed by atoms with Crippen molar-refractivity contribution >= 4 is 38.9 Å². The van der Waals surface area contributed by atoms with Crippen LogP contribution in [0.1, 0.15) is 16.8 Å². The molecule has 9 heteroatoms. The number of rotatable bonds is 3. The van der Waals surface area contributed by atoms with Crippen molar-refractivity contribution in [3.05, 3.63) is 47.0 Å². The van der Waals surface area contributed by atoms with Crippen molar-refractivity contribution in [3.63, 3.8) is 0 Å². The smallest absolute Gasteiger partial charge is 0.255 e. The first-order valence-corrected chi connectivity index (χ1v) is 9.94. The Kier molecular flexibility index (Phi) is 4.16. The summed E-state index contributed by atoms with van der Waals surface area (Å²) in [7, 11) is -3.39. The van der Waals surface area contributed by atoms with Crippen molar-refractivity contribution in [1.82, 2.24) is 0 Å². The van der Waals surface area contributed by atoms with E-state index < -0.39 is 15.9 Å². The molecule has 0 atom stereocenters. The molecule has 0 bridgehead atoms. The van der Waals surface area contributed by atoms with Gasteiger partial charge in [-0.1, -0.05) is 17.7 Å². The van der Waals surface area contributed by atoms with Crippen LogP contribution in [0, 0.1) is 0 Å². The predicted molar refractivity (Wildman–Crippen MR) is 97.7 cm³/mol. The number of carbonyl (C=O) groups is 1. The Balaban J connectivity index is 1.63. The average molecular weight is 395 g/mol. The molecule has 0 radical (unpaired) electrons. The second kappa shape index (κ2) is 6.37. The molecule has 1 fully saturated rings. The van der Waals surface area contributed by atoms with E-state index in [1.807, 2.05) is 0 Å². The minimum absolute atomic E-state index is 0.0766. The highest BCUT2D eigenvalue weighted by Crippen LogP contribution is 2.39. The SMILES string of the molecule is O=C(Nc1cccc2c1OCO2)c1ccc(Cl)c(N2CCCS2(=O)=O)c1. The number of ether oxygens (including phenoxy) is 2. The summed E-state index contributed by atoms with van der Waals surface area (Å²) >= 11 is 6.17. The highest BCUT2D eigenvalue weighted by atomic mass is 35.5. The summed E-state index contributed by atoms with van der Waals surface area (Å²) in [6.07, 6.45) is 0.530. The van der Waals surface area contributed by atoms with E-state index in [0.29, 0.717) is 41.4 Å². The highest BCUT2D eigenvalue weighted by molar-refractivity contribution is 7.93. The Labute approximate surface area is 155 Å². The van der Waals surface area contributed by atoms with Gasteiger partial charge in [-0.25, -0.2) is 8.42 Å². The van der Waals surface area contributed by atoms with Crippen molar-refractivity contribution in [2.24, 2.45) is 0 Å². The summed E-state index contributed by atoms with van der Waals surface area (Å²) in [4.78, 5) is 12.6. The molecule has 1 N–H and O–H groups in total. The van der Waals surface area contributed by atoms with Crippen molar-refractivity contribution < 1.29 is 22.7 Å². The summed E-state index contributed by atoms with van der Waals surface area (Å²) < 4.78 is 36.2. The maximum atomic E-state index is 12.6. The lowest BCUT2D eigenvalue weighted by Gasteiger charge is -2.19. The van der Waals surface area contributed by atoms with E-state index in [4.69, 9.17) is 21.1 Å². The Hall–Kier alpha value is -2.45. The van der Waals surface area contributed by atoms with Crippen molar-refractivity contribution in [3.8, 4) is 11.5 Å². The summed E-state index contributed by atoms with van der Waals surface area (Å²) in [6.45, 7) is 0.449. The van der Waals surface area contributed by atoms with Crippen LogP contribution in [0.15, 0.2) is 36.4 Å². The summed E-state index contributed by atoms with van der Waals surface area (Å²) in [6, 6.07) is 9.75. The average Bonchev–Trinajstić information content (AvgIpc) is 3.22. The third kappa shape index (κ3) is 2.95. The molecule has 2 aliphatic rings. The Morgan fingerprint density at radius 2 is 2.04 bits per heavy atom. The number of amides is 1. The topological polar surface area (TPSA) is 84.9 Å². The maximum Gasteiger partial charge on any atom is 0.255 e. The molecule has 7 nitrogen and oxygen atoms in total. The van der Waals surface area contributed by atoms with Gasteiger partial charge in [0.1, 0.15) is 0 Å². The number of fused-ring (bicyclic) bond motifs is 1. The van der Waals surface area contributed by atoms with Crippen LogP contribution >= 0.6 is 11.6 Å². The van der Waals surface area contributed by atoms with Crippen LogP contribution < -0.4 is 19.1 Å². The monoisotopic (exact) mass is 394 g/mol. The highest BCUT2D eigenvalue weighted by Gasteiger charge is 2.30. The molecule has 2 aromatic carbocycles. The Morgan fingerprint density at radius 3 is 2.81 bits per heavy atom. The fourth-order valence-corrected chi connectivity index (χ4v) is 4.82. The first kappa shape index (κ1) is 17.0.